The zero-order valence-corrected chi connectivity index (χ0v) is 13.5. The average Bonchev–Trinajstić information content (AvgIpc) is 2.37. The minimum absolute atomic E-state index is 0.249. The summed E-state index contributed by atoms with van der Waals surface area (Å²) in [4.78, 5) is 16.7. The van der Waals surface area contributed by atoms with Gasteiger partial charge in [0.15, 0.2) is 0 Å². The first kappa shape index (κ1) is 18.4. The summed E-state index contributed by atoms with van der Waals surface area (Å²) in [6, 6.07) is 0. The topological polar surface area (TPSA) is 49.6 Å². The van der Waals surface area contributed by atoms with Crippen molar-refractivity contribution in [2.75, 3.05) is 39.3 Å². The van der Waals surface area contributed by atoms with Crippen molar-refractivity contribution in [3.8, 4) is 0 Å². The molecule has 19 heavy (non-hydrogen) atoms. The molecule has 1 unspecified atom stereocenters. The van der Waals surface area contributed by atoms with Crippen LogP contribution in [0.15, 0.2) is 0 Å². The number of carbonyl (C=O) groups excluding carboxylic acids is 1. The first-order valence-corrected chi connectivity index (χ1v) is 7.64. The first-order valence-electron chi connectivity index (χ1n) is 7.64. The molecule has 0 aliphatic heterocycles. The van der Waals surface area contributed by atoms with Crippen LogP contribution in [0.1, 0.15) is 41.0 Å². The molecule has 4 nitrogen and oxygen atoms in total. The molecule has 0 aromatic heterocycles. The molecule has 114 valence electrons. The van der Waals surface area contributed by atoms with E-state index in [1.54, 1.807) is 0 Å². The van der Waals surface area contributed by atoms with Crippen molar-refractivity contribution in [2.24, 2.45) is 17.6 Å². The SMILES string of the molecule is CCN(CC)CCN(CC(C)C)C(=O)CC(C)CN. The molecule has 0 spiro atoms. The van der Waals surface area contributed by atoms with Crippen LogP contribution >= 0.6 is 0 Å². The molecule has 0 aliphatic rings. The highest BCUT2D eigenvalue weighted by atomic mass is 16.2. The predicted molar refractivity (Wildman–Crippen MR) is 82.0 cm³/mol. The van der Waals surface area contributed by atoms with Gasteiger partial charge >= 0.3 is 0 Å². The largest absolute Gasteiger partial charge is 0.341 e. The molecule has 0 radical (unpaired) electrons. The van der Waals surface area contributed by atoms with Crippen LogP contribution in [0, 0.1) is 11.8 Å². The van der Waals surface area contributed by atoms with E-state index < -0.39 is 0 Å². The Bertz CT molecular complexity index is 240. The van der Waals surface area contributed by atoms with Crippen molar-refractivity contribution in [3.05, 3.63) is 0 Å². The number of likely N-dealkylation sites (N-methyl/N-ethyl adjacent to an activating group) is 1. The highest BCUT2D eigenvalue weighted by Crippen LogP contribution is 2.07. The lowest BCUT2D eigenvalue weighted by atomic mass is 10.1. The third kappa shape index (κ3) is 8.22. The maximum Gasteiger partial charge on any atom is 0.222 e. The van der Waals surface area contributed by atoms with Gasteiger partial charge in [0.1, 0.15) is 0 Å². The summed E-state index contributed by atoms with van der Waals surface area (Å²) in [5.74, 6) is 1.03. The van der Waals surface area contributed by atoms with Gasteiger partial charge in [0.2, 0.25) is 5.91 Å². The van der Waals surface area contributed by atoms with E-state index in [2.05, 4.69) is 32.6 Å². The first-order chi connectivity index (χ1) is 8.94. The number of nitrogens with zero attached hydrogens (tertiary/aromatic N) is 2. The third-order valence-corrected chi connectivity index (χ3v) is 3.44. The number of hydrogen-bond donors (Lipinski definition) is 1. The summed E-state index contributed by atoms with van der Waals surface area (Å²) >= 11 is 0. The predicted octanol–water partition coefficient (Wildman–Crippen LogP) is 1.80. The molecular formula is C15H33N3O. The summed E-state index contributed by atoms with van der Waals surface area (Å²) in [6.45, 7) is 16.0. The molecule has 0 aromatic rings. The molecule has 0 rings (SSSR count). The minimum atomic E-state index is 0.249. The van der Waals surface area contributed by atoms with E-state index in [4.69, 9.17) is 5.73 Å². The van der Waals surface area contributed by atoms with Gasteiger partial charge in [0, 0.05) is 26.1 Å². The van der Waals surface area contributed by atoms with Gasteiger partial charge < -0.3 is 15.5 Å². The second kappa shape index (κ2) is 10.2. The fraction of sp³-hybridized carbons (Fsp3) is 0.933. The normalized spacial score (nSPS) is 13.1. The molecule has 0 heterocycles. The van der Waals surface area contributed by atoms with Crippen LogP contribution in [0.5, 0.6) is 0 Å². The molecule has 0 bridgehead atoms. The Hall–Kier alpha value is -0.610. The van der Waals surface area contributed by atoms with Crippen LogP contribution in [0.3, 0.4) is 0 Å². The summed E-state index contributed by atoms with van der Waals surface area (Å²) < 4.78 is 0. The Morgan fingerprint density at radius 3 is 2.11 bits per heavy atom. The lowest BCUT2D eigenvalue weighted by molar-refractivity contribution is -0.132. The van der Waals surface area contributed by atoms with Crippen molar-refractivity contribution < 1.29 is 4.79 Å². The summed E-state index contributed by atoms with van der Waals surface area (Å²) in [6.07, 6.45) is 0.571. The lowest BCUT2D eigenvalue weighted by Gasteiger charge is -2.28. The molecule has 2 N–H and O–H groups in total. The second-order valence-electron chi connectivity index (χ2n) is 5.81. The smallest absolute Gasteiger partial charge is 0.222 e. The molecule has 0 aromatic carbocycles. The Kier molecular flexibility index (Phi) is 9.88. The Morgan fingerprint density at radius 2 is 1.68 bits per heavy atom. The fourth-order valence-corrected chi connectivity index (χ4v) is 2.07. The molecule has 1 amide bonds. The molecule has 0 saturated heterocycles. The van der Waals surface area contributed by atoms with Crippen molar-refractivity contribution in [1.29, 1.82) is 0 Å². The molecule has 4 heteroatoms. The number of rotatable bonds is 10. The van der Waals surface area contributed by atoms with E-state index in [9.17, 15) is 4.79 Å². The average molecular weight is 271 g/mol. The van der Waals surface area contributed by atoms with Gasteiger partial charge in [-0.1, -0.05) is 34.6 Å². The summed E-state index contributed by atoms with van der Waals surface area (Å²) in [7, 11) is 0. The zero-order valence-electron chi connectivity index (χ0n) is 13.5. The highest BCUT2D eigenvalue weighted by Gasteiger charge is 2.17. The Labute approximate surface area is 119 Å². The summed E-state index contributed by atoms with van der Waals surface area (Å²) in [5, 5.41) is 0. The molecule has 0 saturated carbocycles. The van der Waals surface area contributed by atoms with Gasteiger partial charge in [0.25, 0.3) is 0 Å². The number of carbonyl (C=O) groups is 1. The van der Waals surface area contributed by atoms with E-state index in [0.29, 0.717) is 18.9 Å². The standard InChI is InChI=1S/C15H33N3O/c1-6-17(7-2)8-9-18(12-13(3)4)15(19)10-14(5)11-16/h13-14H,6-12,16H2,1-5H3. The van der Waals surface area contributed by atoms with Gasteiger partial charge in [-0.15, -0.1) is 0 Å². The third-order valence-electron chi connectivity index (χ3n) is 3.44. The van der Waals surface area contributed by atoms with Gasteiger partial charge in [-0.3, -0.25) is 4.79 Å². The van der Waals surface area contributed by atoms with Crippen LogP contribution in [-0.2, 0) is 4.79 Å². The van der Waals surface area contributed by atoms with Gasteiger partial charge in [-0.05, 0) is 31.5 Å². The summed E-state index contributed by atoms with van der Waals surface area (Å²) in [5.41, 5.74) is 5.61. The van der Waals surface area contributed by atoms with Gasteiger partial charge in [-0.25, -0.2) is 0 Å². The monoisotopic (exact) mass is 271 g/mol. The van der Waals surface area contributed by atoms with Crippen molar-refractivity contribution in [1.82, 2.24) is 9.80 Å². The molecular weight excluding hydrogens is 238 g/mol. The van der Waals surface area contributed by atoms with Crippen LogP contribution < -0.4 is 5.73 Å². The lowest BCUT2D eigenvalue weighted by Crippen LogP contribution is -2.41. The molecule has 0 fully saturated rings. The number of amides is 1. The fourth-order valence-electron chi connectivity index (χ4n) is 2.07. The van der Waals surface area contributed by atoms with Crippen LogP contribution in [0.2, 0.25) is 0 Å². The quantitative estimate of drug-likeness (QED) is 0.659. The second-order valence-corrected chi connectivity index (χ2v) is 5.81. The Morgan fingerprint density at radius 1 is 1.11 bits per heavy atom. The minimum Gasteiger partial charge on any atom is -0.341 e. The molecule has 0 aliphatic carbocycles. The van der Waals surface area contributed by atoms with E-state index in [1.807, 2.05) is 11.8 Å². The van der Waals surface area contributed by atoms with Crippen LogP contribution in [0.4, 0.5) is 0 Å². The van der Waals surface area contributed by atoms with Crippen molar-refractivity contribution in [3.63, 3.8) is 0 Å². The Balaban J connectivity index is 4.40. The van der Waals surface area contributed by atoms with Crippen LogP contribution in [0.25, 0.3) is 0 Å². The maximum absolute atomic E-state index is 12.3. The van der Waals surface area contributed by atoms with Crippen molar-refractivity contribution >= 4 is 5.91 Å². The van der Waals surface area contributed by atoms with Gasteiger partial charge in [0.05, 0.1) is 0 Å². The van der Waals surface area contributed by atoms with Crippen molar-refractivity contribution in [2.45, 2.75) is 41.0 Å². The van der Waals surface area contributed by atoms with E-state index in [0.717, 1.165) is 32.7 Å². The number of hydrogen-bond acceptors (Lipinski definition) is 3. The zero-order chi connectivity index (χ0) is 14.8. The van der Waals surface area contributed by atoms with E-state index in [-0.39, 0.29) is 11.8 Å². The maximum atomic E-state index is 12.3. The van der Waals surface area contributed by atoms with Gasteiger partial charge in [-0.2, -0.15) is 0 Å². The highest BCUT2D eigenvalue weighted by molar-refractivity contribution is 5.76. The number of nitrogens with two attached hydrogens (primary N) is 1. The van der Waals surface area contributed by atoms with Crippen LogP contribution in [-0.4, -0.2) is 55.0 Å². The van der Waals surface area contributed by atoms with E-state index in [1.165, 1.54) is 0 Å². The van der Waals surface area contributed by atoms with E-state index >= 15 is 0 Å². The molecule has 1 atom stereocenters.